The van der Waals surface area contributed by atoms with E-state index in [9.17, 15) is 4.79 Å². The van der Waals surface area contributed by atoms with Gasteiger partial charge in [0, 0.05) is 7.11 Å². The molecule has 1 aromatic rings. The first-order valence-corrected chi connectivity index (χ1v) is 6.38. The predicted octanol–water partition coefficient (Wildman–Crippen LogP) is 4.36. The molecule has 0 aromatic heterocycles. The van der Waals surface area contributed by atoms with Gasteiger partial charge in [-0.05, 0) is 17.7 Å². The number of methoxy groups -OCH3 is 1. The molecule has 3 heteroatoms. The summed E-state index contributed by atoms with van der Waals surface area (Å²) < 4.78 is 4.87. The smallest absolute Gasteiger partial charge is 0.335 e. The van der Waals surface area contributed by atoms with Crippen molar-refractivity contribution in [3.05, 3.63) is 35.4 Å². The Morgan fingerprint density at radius 1 is 1.17 bits per heavy atom. The molecule has 0 spiro atoms. The van der Waals surface area contributed by atoms with Gasteiger partial charge in [-0.15, -0.1) is 0 Å². The maximum absolute atomic E-state index is 10.5. The third kappa shape index (κ3) is 11.1. The molecule has 0 amide bonds. The summed E-state index contributed by atoms with van der Waals surface area (Å²) >= 11 is 0. The lowest BCUT2D eigenvalue weighted by Gasteiger charge is -1.99. The zero-order valence-corrected chi connectivity index (χ0v) is 12.2. The van der Waals surface area contributed by atoms with Crippen molar-refractivity contribution in [2.45, 2.75) is 47.1 Å². The zero-order chi connectivity index (χ0) is 14.4. The minimum absolute atomic E-state index is 0.296. The molecule has 104 valence electrons. The van der Waals surface area contributed by atoms with Gasteiger partial charge in [-0.1, -0.05) is 52.7 Å². The summed E-state index contributed by atoms with van der Waals surface area (Å²) in [6.45, 7) is 8.95. The Labute approximate surface area is 111 Å². The molecule has 1 rings (SSSR count). The van der Waals surface area contributed by atoms with Crippen LogP contribution in [0.1, 0.15) is 56.5 Å². The summed E-state index contributed by atoms with van der Waals surface area (Å²) in [7, 11) is 1.58. The summed E-state index contributed by atoms with van der Waals surface area (Å²) in [5, 5.41) is 8.64. The molecule has 18 heavy (non-hydrogen) atoms. The van der Waals surface area contributed by atoms with Gasteiger partial charge in [0.05, 0.1) is 12.2 Å². The summed E-state index contributed by atoms with van der Waals surface area (Å²) in [5.74, 6) is -0.909. The van der Waals surface area contributed by atoms with Crippen molar-refractivity contribution in [3.8, 4) is 0 Å². The molecule has 0 aliphatic heterocycles. The van der Waals surface area contributed by atoms with E-state index in [2.05, 4.69) is 27.7 Å². The molecular formula is C15H26O3. The number of rotatable bonds is 3. The molecule has 1 N–H and O–H groups in total. The fraction of sp³-hybridized carbons (Fsp3) is 0.533. The molecule has 0 heterocycles. The Morgan fingerprint density at radius 3 is 2.06 bits per heavy atom. The number of carboxylic acids is 1. The third-order valence-corrected chi connectivity index (χ3v) is 1.48. The Kier molecular flexibility index (Phi) is 14.5. The van der Waals surface area contributed by atoms with Gasteiger partial charge in [0.1, 0.15) is 0 Å². The molecule has 0 aliphatic carbocycles. The van der Waals surface area contributed by atoms with E-state index in [0.29, 0.717) is 12.2 Å². The van der Waals surface area contributed by atoms with Crippen LogP contribution in [-0.4, -0.2) is 18.2 Å². The van der Waals surface area contributed by atoms with Crippen LogP contribution in [0.3, 0.4) is 0 Å². The lowest BCUT2D eigenvalue weighted by atomic mass is 10.1. The number of ether oxygens (including phenoxy) is 1. The highest BCUT2D eigenvalue weighted by atomic mass is 16.5. The van der Waals surface area contributed by atoms with Crippen molar-refractivity contribution in [2.75, 3.05) is 7.11 Å². The van der Waals surface area contributed by atoms with Crippen molar-refractivity contribution in [1.29, 1.82) is 0 Å². The number of aromatic carboxylic acids is 1. The summed E-state index contributed by atoms with van der Waals surface area (Å²) in [6.07, 6.45) is 2.50. The number of hydrogen-bond donors (Lipinski definition) is 1. The Bertz CT molecular complexity index is 306. The lowest BCUT2D eigenvalue weighted by Crippen LogP contribution is -1.97. The van der Waals surface area contributed by atoms with Crippen molar-refractivity contribution in [1.82, 2.24) is 0 Å². The minimum atomic E-state index is -0.909. The van der Waals surface area contributed by atoms with Crippen molar-refractivity contribution < 1.29 is 14.6 Å². The maximum Gasteiger partial charge on any atom is 0.335 e. The quantitative estimate of drug-likeness (QED) is 0.871. The van der Waals surface area contributed by atoms with Gasteiger partial charge >= 0.3 is 5.97 Å². The monoisotopic (exact) mass is 254 g/mol. The fourth-order valence-corrected chi connectivity index (χ4v) is 0.961. The number of carbonyl (C=O) groups is 1. The van der Waals surface area contributed by atoms with E-state index in [4.69, 9.17) is 9.84 Å². The molecule has 0 saturated carbocycles. The Morgan fingerprint density at radius 2 is 1.67 bits per heavy atom. The first-order chi connectivity index (χ1) is 8.56. The second-order valence-corrected chi connectivity index (χ2v) is 3.85. The number of hydrogen-bond acceptors (Lipinski definition) is 2. The first kappa shape index (κ1) is 19.0. The van der Waals surface area contributed by atoms with E-state index < -0.39 is 5.97 Å². The van der Waals surface area contributed by atoms with E-state index in [-0.39, 0.29) is 0 Å². The van der Waals surface area contributed by atoms with Crippen LogP contribution in [0.5, 0.6) is 0 Å². The van der Waals surface area contributed by atoms with Crippen molar-refractivity contribution >= 4 is 5.97 Å². The second-order valence-electron chi connectivity index (χ2n) is 3.85. The van der Waals surface area contributed by atoms with E-state index in [0.717, 1.165) is 5.56 Å². The van der Waals surface area contributed by atoms with E-state index in [1.54, 1.807) is 25.3 Å². The topological polar surface area (TPSA) is 46.5 Å². The molecule has 1 aromatic carbocycles. The highest BCUT2D eigenvalue weighted by Gasteiger charge is 2.01. The van der Waals surface area contributed by atoms with Crippen LogP contribution in [0.4, 0.5) is 0 Å². The van der Waals surface area contributed by atoms with Gasteiger partial charge < -0.3 is 9.84 Å². The van der Waals surface area contributed by atoms with Gasteiger partial charge in [-0.3, -0.25) is 0 Å². The van der Waals surface area contributed by atoms with Crippen LogP contribution < -0.4 is 0 Å². The van der Waals surface area contributed by atoms with Crippen molar-refractivity contribution in [2.24, 2.45) is 0 Å². The van der Waals surface area contributed by atoms with Crippen LogP contribution in [0, 0.1) is 0 Å². The highest BCUT2D eigenvalue weighted by molar-refractivity contribution is 5.87. The van der Waals surface area contributed by atoms with Crippen LogP contribution in [-0.2, 0) is 11.3 Å². The minimum Gasteiger partial charge on any atom is -0.478 e. The molecular weight excluding hydrogens is 228 g/mol. The Balaban J connectivity index is 0. The van der Waals surface area contributed by atoms with Gasteiger partial charge in [0.25, 0.3) is 0 Å². The molecule has 0 fully saturated rings. The summed E-state index contributed by atoms with van der Waals surface area (Å²) in [4.78, 5) is 10.5. The lowest BCUT2D eigenvalue weighted by molar-refractivity contribution is 0.0696. The fourth-order valence-electron chi connectivity index (χ4n) is 0.961. The average Bonchev–Trinajstić information content (AvgIpc) is 2.32. The van der Waals surface area contributed by atoms with Gasteiger partial charge in [-0.25, -0.2) is 4.79 Å². The van der Waals surface area contributed by atoms with Crippen LogP contribution in [0.15, 0.2) is 24.3 Å². The summed E-state index contributed by atoms with van der Waals surface area (Å²) in [6, 6.07) is 6.70. The maximum atomic E-state index is 10.5. The molecule has 0 aliphatic rings. The van der Waals surface area contributed by atoms with E-state index >= 15 is 0 Å². The van der Waals surface area contributed by atoms with Crippen molar-refractivity contribution in [3.63, 3.8) is 0 Å². The zero-order valence-electron chi connectivity index (χ0n) is 12.2. The molecule has 0 radical (unpaired) electrons. The van der Waals surface area contributed by atoms with Gasteiger partial charge in [0.2, 0.25) is 0 Å². The Hall–Kier alpha value is -1.35. The molecule has 3 nitrogen and oxygen atoms in total. The van der Waals surface area contributed by atoms with E-state index in [1.165, 1.54) is 12.8 Å². The highest BCUT2D eigenvalue weighted by Crippen LogP contribution is 2.05. The normalized spacial score (nSPS) is 8.50. The van der Waals surface area contributed by atoms with Crippen LogP contribution >= 0.6 is 0 Å². The largest absolute Gasteiger partial charge is 0.478 e. The molecule has 0 atom stereocenters. The molecule has 0 unspecified atom stereocenters. The van der Waals surface area contributed by atoms with Gasteiger partial charge in [-0.2, -0.15) is 0 Å². The molecule has 0 saturated heterocycles. The van der Waals surface area contributed by atoms with Crippen LogP contribution in [0.2, 0.25) is 0 Å². The van der Waals surface area contributed by atoms with Crippen LogP contribution in [0.25, 0.3) is 0 Å². The number of carboxylic acid groups (broad SMARTS) is 1. The predicted molar refractivity (Wildman–Crippen MR) is 76.0 cm³/mol. The average molecular weight is 254 g/mol. The van der Waals surface area contributed by atoms with Gasteiger partial charge in [0.15, 0.2) is 0 Å². The second kappa shape index (κ2) is 13.7. The summed E-state index contributed by atoms with van der Waals surface area (Å²) in [5.41, 5.74) is 1.17. The molecule has 0 bridgehead atoms. The third-order valence-electron chi connectivity index (χ3n) is 1.48. The standard InChI is InChI=1S/C9H10O3.2C3H8/c1-12-6-7-3-2-4-8(5-7)9(10)11;2*1-3-2/h2-5H,6H2,1H3,(H,10,11);2*3H2,1-2H3. The SMILES string of the molecule is CCC.CCC.COCc1cccc(C(=O)O)c1. The number of benzene rings is 1. The first-order valence-electron chi connectivity index (χ1n) is 6.38. The van der Waals surface area contributed by atoms with E-state index in [1.807, 2.05) is 6.07 Å².